The summed E-state index contributed by atoms with van der Waals surface area (Å²) in [5.41, 5.74) is 1.63. The highest BCUT2D eigenvalue weighted by atomic mass is 16.6. The number of carbonyl (C=O) groups excluding carboxylic acids is 1. The third-order valence-corrected chi connectivity index (χ3v) is 3.93. The molecule has 6 nitrogen and oxygen atoms in total. The Labute approximate surface area is 141 Å². The van der Waals surface area contributed by atoms with E-state index in [1.54, 1.807) is 13.0 Å². The van der Waals surface area contributed by atoms with E-state index < -0.39 is 0 Å². The van der Waals surface area contributed by atoms with Crippen LogP contribution in [0.3, 0.4) is 0 Å². The van der Waals surface area contributed by atoms with Gasteiger partial charge in [0.05, 0.1) is 18.2 Å². The van der Waals surface area contributed by atoms with Gasteiger partial charge in [-0.15, -0.1) is 0 Å². The zero-order chi connectivity index (χ0) is 17.1. The molecule has 1 aromatic heterocycles. The molecular formula is C18H22N2O4. The molecule has 1 atom stereocenters. The molecule has 0 saturated heterocycles. The van der Waals surface area contributed by atoms with Crippen LogP contribution < -0.4 is 14.8 Å². The maximum atomic E-state index is 12.3. The van der Waals surface area contributed by atoms with E-state index in [9.17, 15) is 4.79 Å². The molecule has 0 aliphatic carbocycles. The predicted molar refractivity (Wildman–Crippen MR) is 88.1 cm³/mol. The Balaban J connectivity index is 1.73. The first kappa shape index (κ1) is 16.4. The number of rotatable bonds is 5. The summed E-state index contributed by atoms with van der Waals surface area (Å²) in [7, 11) is 0. The molecule has 6 heteroatoms. The minimum Gasteiger partial charge on any atom is -0.486 e. The number of nitrogens with zero attached hydrogens (tertiary/aromatic N) is 1. The number of fused-ring (bicyclic) bond motifs is 1. The van der Waals surface area contributed by atoms with Gasteiger partial charge < -0.3 is 19.3 Å². The molecule has 0 saturated carbocycles. The standard InChI is InChI=1S/C18H22N2O4/c1-11(2)18(19-17(21)10-14-8-12(3)24-20-14)13-4-5-15-16(9-13)23-7-6-22-15/h4-5,8-9,11,18H,6-7,10H2,1-3H3,(H,19,21). The van der Waals surface area contributed by atoms with Crippen LogP contribution in [0.15, 0.2) is 28.8 Å². The first-order valence-corrected chi connectivity index (χ1v) is 8.14. The van der Waals surface area contributed by atoms with Crippen molar-refractivity contribution < 1.29 is 18.8 Å². The molecular weight excluding hydrogens is 308 g/mol. The average molecular weight is 330 g/mol. The molecule has 1 unspecified atom stereocenters. The summed E-state index contributed by atoms with van der Waals surface area (Å²) in [5.74, 6) is 2.32. The second-order valence-corrected chi connectivity index (χ2v) is 6.30. The normalized spacial score (nSPS) is 14.5. The third-order valence-electron chi connectivity index (χ3n) is 3.93. The number of carbonyl (C=O) groups is 1. The quantitative estimate of drug-likeness (QED) is 0.912. The molecule has 1 amide bonds. The lowest BCUT2D eigenvalue weighted by molar-refractivity contribution is -0.121. The van der Waals surface area contributed by atoms with Crippen molar-refractivity contribution >= 4 is 5.91 Å². The highest BCUT2D eigenvalue weighted by Gasteiger charge is 2.22. The Hall–Kier alpha value is -2.50. The molecule has 0 fully saturated rings. The largest absolute Gasteiger partial charge is 0.486 e. The molecule has 24 heavy (non-hydrogen) atoms. The van der Waals surface area contributed by atoms with Crippen molar-refractivity contribution in [2.24, 2.45) is 5.92 Å². The summed E-state index contributed by atoms with van der Waals surface area (Å²) in [6, 6.07) is 7.47. The summed E-state index contributed by atoms with van der Waals surface area (Å²) < 4.78 is 16.2. The fraction of sp³-hybridized carbons (Fsp3) is 0.444. The van der Waals surface area contributed by atoms with Crippen molar-refractivity contribution in [1.82, 2.24) is 10.5 Å². The number of hydrogen-bond donors (Lipinski definition) is 1. The first-order chi connectivity index (χ1) is 11.5. The number of benzene rings is 1. The molecule has 2 aromatic rings. The van der Waals surface area contributed by atoms with Crippen LogP contribution in [0.5, 0.6) is 11.5 Å². The van der Waals surface area contributed by atoms with E-state index in [1.165, 1.54) is 0 Å². The lowest BCUT2D eigenvalue weighted by Gasteiger charge is -2.25. The number of nitrogens with one attached hydrogen (secondary N) is 1. The monoisotopic (exact) mass is 330 g/mol. The van der Waals surface area contributed by atoms with E-state index >= 15 is 0 Å². The topological polar surface area (TPSA) is 73.6 Å². The van der Waals surface area contributed by atoms with Crippen molar-refractivity contribution in [3.8, 4) is 11.5 Å². The molecule has 1 N–H and O–H groups in total. The first-order valence-electron chi connectivity index (χ1n) is 8.14. The van der Waals surface area contributed by atoms with Crippen molar-refractivity contribution in [3.05, 3.63) is 41.3 Å². The van der Waals surface area contributed by atoms with E-state index in [0.717, 1.165) is 17.1 Å². The fourth-order valence-corrected chi connectivity index (χ4v) is 2.78. The summed E-state index contributed by atoms with van der Waals surface area (Å²) in [4.78, 5) is 12.3. The van der Waals surface area contributed by atoms with Crippen LogP contribution in [0.4, 0.5) is 0 Å². The van der Waals surface area contributed by atoms with Crippen LogP contribution in [-0.4, -0.2) is 24.3 Å². The van der Waals surface area contributed by atoms with Crippen LogP contribution in [0, 0.1) is 12.8 Å². The average Bonchev–Trinajstić information content (AvgIpc) is 2.96. The Kier molecular flexibility index (Phi) is 4.74. The highest BCUT2D eigenvalue weighted by Crippen LogP contribution is 2.34. The predicted octanol–water partition coefficient (Wildman–Crippen LogP) is 2.81. The molecule has 2 heterocycles. The summed E-state index contributed by atoms with van der Waals surface area (Å²) >= 11 is 0. The summed E-state index contributed by atoms with van der Waals surface area (Å²) in [6.45, 7) is 7.05. The lowest BCUT2D eigenvalue weighted by Crippen LogP contribution is -2.33. The number of hydrogen-bond acceptors (Lipinski definition) is 5. The van der Waals surface area contributed by atoms with Crippen molar-refractivity contribution in [2.75, 3.05) is 13.2 Å². The molecule has 0 bridgehead atoms. The van der Waals surface area contributed by atoms with Gasteiger partial charge in [-0.1, -0.05) is 25.1 Å². The SMILES string of the molecule is Cc1cc(CC(=O)NC(c2ccc3c(c2)OCCO3)C(C)C)no1. The van der Waals surface area contributed by atoms with E-state index in [4.69, 9.17) is 14.0 Å². The van der Waals surface area contributed by atoms with E-state index in [-0.39, 0.29) is 24.3 Å². The number of aryl methyl sites for hydroxylation is 1. The zero-order valence-electron chi connectivity index (χ0n) is 14.2. The molecule has 1 aliphatic rings. The summed E-state index contributed by atoms with van der Waals surface area (Å²) in [5, 5.41) is 6.95. The van der Waals surface area contributed by atoms with Gasteiger partial charge in [0.1, 0.15) is 19.0 Å². The number of ether oxygens (including phenoxy) is 2. The number of amides is 1. The molecule has 1 aliphatic heterocycles. The van der Waals surface area contributed by atoms with Gasteiger partial charge in [-0.3, -0.25) is 4.79 Å². The van der Waals surface area contributed by atoms with Gasteiger partial charge in [-0.25, -0.2) is 0 Å². The minimum absolute atomic E-state index is 0.0862. The Bertz CT molecular complexity index is 724. The van der Waals surface area contributed by atoms with Gasteiger partial charge in [0.2, 0.25) is 5.91 Å². The maximum Gasteiger partial charge on any atom is 0.226 e. The van der Waals surface area contributed by atoms with Crippen LogP contribution in [0.1, 0.15) is 36.9 Å². The van der Waals surface area contributed by atoms with Gasteiger partial charge in [0.15, 0.2) is 11.5 Å². The van der Waals surface area contributed by atoms with E-state index in [2.05, 4.69) is 24.3 Å². The van der Waals surface area contributed by atoms with Crippen LogP contribution in [0.2, 0.25) is 0 Å². The lowest BCUT2D eigenvalue weighted by atomic mass is 9.95. The van der Waals surface area contributed by atoms with E-state index in [0.29, 0.717) is 24.7 Å². The minimum atomic E-state index is -0.110. The Morgan fingerprint density at radius 3 is 2.62 bits per heavy atom. The third kappa shape index (κ3) is 3.69. The van der Waals surface area contributed by atoms with Crippen molar-refractivity contribution in [3.63, 3.8) is 0 Å². The Morgan fingerprint density at radius 2 is 1.96 bits per heavy atom. The van der Waals surface area contributed by atoms with Gasteiger partial charge in [-0.2, -0.15) is 0 Å². The van der Waals surface area contributed by atoms with Gasteiger partial charge in [0, 0.05) is 6.07 Å². The van der Waals surface area contributed by atoms with Crippen LogP contribution >= 0.6 is 0 Å². The molecule has 1 aromatic carbocycles. The van der Waals surface area contributed by atoms with Gasteiger partial charge >= 0.3 is 0 Å². The molecule has 3 rings (SSSR count). The zero-order valence-corrected chi connectivity index (χ0v) is 14.2. The van der Waals surface area contributed by atoms with Gasteiger partial charge in [0.25, 0.3) is 0 Å². The number of aromatic nitrogens is 1. The molecule has 0 radical (unpaired) electrons. The summed E-state index contributed by atoms with van der Waals surface area (Å²) in [6.07, 6.45) is 0.200. The Morgan fingerprint density at radius 1 is 1.21 bits per heavy atom. The maximum absolute atomic E-state index is 12.3. The smallest absolute Gasteiger partial charge is 0.226 e. The van der Waals surface area contributed by atoms with Crippen molar-refractivity contribution in [1.29, 1.82) is 0 Å². The molecule has 128 valence electrons. The second kappa shape index (κ2) is 6.95. The second-order valence-electron chi connectivity index (χ2n) is 6.30. The van der Waals surface area contributed by atoms with Crippen LogP contribution in [-0.2, 0) is 11.2 Å². The highest BCUT2D eigenvalue weighted by molar-refractivity contribution is 5.78. The fourth-order valence-electron chi connectivity index (χ4n) is 2.78. The van der Waals surface area contributed by atoms with Crippen LogP contribution in [0.25, 0.3) is 0 Å². The molecule has 0 spiro atoms. The van der Waals surface area contributed by atoms with E-state index in [1.807, 2.05) is 18.2 Å². The van der Waals surface area contributed by atoms with Gasteiger partial charge in [-0.05, 0) is 30.5 Å². The van der Waals surface area contributed by atoms with Crippen molar-refractivity contribution in [2.45, 2.75) is 33.2 Å².